The number of halogens is 2. The van der Waals surface area contributed by atoms with Gasteiger partial charge in [-0.25, -0.2) is 13.6 Å². The maximum atomic E-state index is 12.3. The van der Waals surface area contributed by atoms with Crippen molar-refractivity contribution >= 4 is 17.0 Å². The van der Waals surface area contributed by atoms with E-state index in [4.69, 9.17) is 9.84 Å². The number of hydrogen-bond acceptors (Lipinski definition) is 4. The van der Waals surface area contributed by atoms with Gasteiger partial charge in [0.25, 0.3) is 6.01 Å². The fourth-order valence-corrected chi connectivity index (χ4v) is 1.71. The molecule has 0 aliphatic carbocycles. The van der Waals surface area contributed by atoms with E-state index in [1.807, 2.05) is 0 Å². The Labute approximate surface area is 106 Å². The van der Waals surface area contributed by atoms with Crippen LogP contribution in [0.25, 0.3) is 11.0 Å². The number of aromatic nitrogens is 2. The van der Waals surface area contributed by atoms with E-state index in [0.717, 1.165) is 6.07 Å². The number of aromatic carboxylic acids is 1. The first-order chi connectivity index (χ1) is 9.08. The van der Waals surface area contributed by atoms with Gasteiger partial charge in [0.2, 0.25) is 13.7 Å². The summed E-state index contributed by atoms with van der Waals surface area (Å²) in [5, 5.41) is 8.97. The highest BCUT2D eigenvalue weighted by atomic mass is 19.1. The molecular formula is C11H10F2N2O4. The fourth-order valence-electron chi connectivity index (χ4n) is 1.71. The Bertz CT molecular complexity index is 627. The number of ether oxygens (including phenoxy) is 2. The standard InChI is InChI=1S/C11H10F2N2O4/c1-15-7-2-6(10(16)17)3-8(18-4-12)9(7)14-11(15)19-5-13/h2-3H,4-5H2,1H3,(H,16,17). The lowest BCUT2D eigenvalue weighted by atomic mass is 10.2. The van der Waals surface area contributed by atoms with Crippen molar-refractivity contribution in [1.82, 2.24) is 9.55 Å². The molecule has 0 amide bonds. The largest absolute Gasteiger partial charge is 0.478 e. The number of hydrogen-bond donors (Lipinski definition) is 1. The van der Waals surface area contributed by atoms with Crippen molar-refractivity contribution in [3.8, 4) is 11.8 Å². The average Bonchev–Trinajstić information content (AvgIpc) is 2.68. The Morgan fingerprint density at radius 3 is 2.63 bits per heavy atom. The first kappa shape index (κ1) is 13.1. The summed E-state index contributed by atoms with van der Waals surface area (Å²) in [7, 11) is 1.52. The molecule has 1 heterocycles. The van der Waals surface area contributed by atoms with Crippen molar-refractivity contribution in [1.29, 1.82) is 0 Å². The third kappa shape index (κ3) is 2.28. The molecule has 0 aliphatic rings. The summed E-state index contributed by atoms with van der Waals surface area (Å²) < 4.78 is 35.2. The zero-order valence-electron chi connectivity index (χ0n) is 9.89. The predicted octanol–water partition coefficient (Wildman–Crippen LogP) is 1.88. The van der Waals surface area contributed by atoms with Crippen LogP contribution in [0.15, 0.2) is 12.1 Å². The third-order valence-electron chi connectivity index (χ3n) is 2.55. The monoisotopic (exact) mass is 272 g/mol. The number of alkyl halides is 2. The van der Waals surface area contributed by atoms with Gasteiger partial charge in [0.15, 0.2) is 5.75 Å². The first-order valence-corrected chi connectivity index (χ1v) is 5.19. The van der Waals surface area contributed by atoms with Crippen molar-refractivity contribution in [2.24, 2.45) is 7.05 Å². The van der Waals surface area contributed by atoms with Gasteiger partial charge in [-0.2, -0.15) is 4.98 Å². The van der Waals surface area contributed by atoms with Gasteiger partial charge in [-0.1, -0.05) is 0 Å². The molecule has 1 N–H and O–H groups in total. The van der Waals surface area contributed by atoms with Gasteiger partial charge >= 0.3 is 5.97 Å². The molecule has 0 fully saturated rings. The molecule has 0 atom stereocenters. The van der Waals surface area contributed by atoms with E-state index in [-0.39, 0.29) is 22.8 Å². The van der Waals surface area contributed by atoms with E-state index in [9.17, 15) is 13.6 Å². The highest BCUT2D eigenvalue weighted by Gasteiger charge is 2.17. The quantitative estimate of drug-likeness (QED) is 0.899. The van der Waals surface area contributed by atoms with Crippen LogP contribution < -0.4 is 9.47 Å². The minimum atomic E-state index is -1.19. The van der Waals surface area contributed by atoms with E-state index in [1.165, 1.54) is 17.7 Å². The molecule has 1 aromatic heterocycles. The van der Waals surface area contributed by atoms with E-state index in [2.05, 4.69) is 9.72 Å². The number of carboxylic acid groups (broad SMARTS) is 1. The smallest absolute Gasteiger partial charge is 0.335 e. The minimum absolute atomic E-state index is 0.0401. The molecule has 6 nitrogen and oxygen atoms in total. The molecule has 2 rings (SSSR count). The highest BCUT2D eigenvalue weighted by molar-refractivity contribution is 5.95. The summed E-state index contributed by atoms with van der Waals surface area (Å²) in [5.41, 5.74) is 0.450. The summed E-state index contributed by atoms with van der Waals surface area (Å²) in [6.07, 6.45) is 0. The molecule has 0 unspecified atom stereocenters. The average molecular weight is 272 g/mol. The highest BCUT2D eigenvalue weighted by Crippen LogP contribution is 2.30. The molecular weight excluding hydrogens is 262 g/mol. The normalized spacial score (nSPS) is 10.7. The summed E-state index contributed by atoms with van der Waals surface area (Å²) in [6.45, 7) is -2.21. The number of nitrogens with zero attached hydrogens (tertiary/aromatic N) is 2. The Morgan fingerprint density at radius 2 is 2.05 bits per heavy atom. The summed E-state index contributed by atoms with van der Waals surface area (Å²) in [4.78, 5) is 14.9. The number of carbonyl (C=O) groups is 1. The molecule has 0 saturated carbocycles. The van der Waals surface area contributed by atoms with Crippen LogP contribution in [-0.4, -0.2) is 34.3 Å². The second-order valence-corrected chi connectivity index (χ2v) is 3.61. The van der Waals surface area contributed by atoms with Crippen molar-refractivity contribution in [3.05, 3.63) is 17.7 Å². The lowest BCUT2D eigenvalue weighted by molar-refractivity contribution is 0.0696. The molecule has 1 aromatic carbocycles. The van der Waals surface area contributed by atoms with Gasteiger partial charge in [-0.15, -0.1) is 0 Å². The van der Waals surface area contributed by atoms with Crippen LogP contribution in [-0.2, 0) is 7.05 Å². The topological polar surface area (TPSA) is 73.6 Å². The lowest BCUT2D eigenvalue weighted by Crippen LogP contribution is -2.00. The molecule has 0 spiro atoms. The van der Waals surface area contributed by atoms with Crippen molar-refractivity contribution < 1.29 is 28.2 Å². The second kappa shape index (κ2) is 5.09. The summed E-state index contributed by atoms with van der Waals surface area (Å²) >= 11 is 0. The SMILES string of the molecule is Cn1c(OCF)nc2c(OCF)cc(C(=O)O)cc21. The molecule has 0 aliphatic heterocycles. The van der Waals surface area contributed by atoms with Gasteiger partial charge in [0.1, 0.15) is 5.52 Å². The Balaban J connectivity index is 2.68. The second-order valence-electron chi connectivity index (χ2n) is 3.61. The summed E-state index contributed by atoms with van der Waals surface area (Å²) in [5.74, 6) is -1.23. The molecule has 0 saturated heterocycles. The number of aryl methyl sites for hydroxylation is 1. The number of rotatable bonds is 5. The zero-order valence-corrected chi connectivity index (χ0v) is 9.89. The molecule has 8 heteroatoms. The molecule has 0 radical (unpaired) electrons. The molecule has 0 bridgehead atoms. The first-order valence-electron chi connectivity index (χ1n) is 5.19. The van der Waals surface area contributed by atoms with Crippen LogP contribution in [0.3, 0.4) is 0 Å². The molecule has 2 aromatic rings. The Morgan fingerprint density at radius 1 is 1.37 bits per heavy atom. The van der Waals surface area contributed by atoms with Crippen molar-refractivity contribution in [2.75, 3.05) is 13.7 Å². The van der Waals surface area contributed by atoms with Gasteiger partial charge in [-0.3, -0.25) is 4.57 Å². The van der Waals surface area contributed by atoms with E-state index in [0.29, 0.717) is 5.52 Å². The van der Waals surface area contributed by atoms with Crippen LogP contribution >= 0.6 is 0 Å². The van der Waals surface area contributed by atoms with E-state index < -0.39 is 19.7 Å². The van der Waals surface area contributed by atoms with Gasteiger partial charge < -0.3 is 14.6 Å². The van der Waals surface area contributed by atoms with Crippen LogP contribution in [0.1, 0.15) is 10.4 Å². The van der Waals surface area contributed by atoms with Gasteiger partial charge in [0, 0.05) is 7.05 Å². The number of fused-ring (bicyclic) bond motifs is 1. The number of imidazole rings is 1. The Hall–Kier alpha value is -2.38. The predicted molar refractivity (Wildman–Crippen MR) is 60.9 cm³/mol. The van der Waals surface area contributed by atoms with Gasteiger partial charge in [0.05, 0.1) is 11.1 Å². The number of benzene rings is 1. The molecule has 102 valence electrons. The van der Waals surface area contributed by atoms with Crippen LogP contribution in [0, 0.1) is 0 Å². The fraction of sp³-hybridized carbons (Fsp3) is 0.273. The van der Waals surface area contributed by atoms with Gasteiger partial charge in [-0.05, 0) is 12.1 Å². The number of carboxylic acids is 1. The van der Waals surface area contributed by atoms with Crippen molar-refractivity contribution in [3.63, 3.8) is 0 Å². The minimum Gasteiger partial charge on any atom is -0.478 e. The van der Waals surface area contributed by atoms with E-state index >= 15 is 0 Å². The summed E-state index contributed by atoms with van der Waals surface area (Å²) in [6, 6.07) is 2.42. The zero-order chi connectivity index (χ0) is 14.0. The lowest BCUT2D eigenvalue weighted by Gasteiger charge is -2.04. The molecule has 19 heavy (non-hydrogen) atoms. The maximum Gasteiger partial charge on any atom is 0.335 e. The van der Waals surface area contributed by atoms with Crippen LogP contribution in [0.2, 0.25) is 0 Å². The van der Waals surface area contributed by atoms with E-state index in [1.54, 1.807) is 0 Å². The van der Waals surface area contributed by atoms with Crippen molar-refractivity contribution in [2.45, 2.75) is 0 Å². The Kier molecular flexibility index (Phi) is 3.50. The maximum absolute atomic E-state index is 12.3. The third-order valence-corrected chi connectivity index (χ3v) is 2.55. The van der Waals surface area contributed by atoms with Crippen LogP contribution in [0.5, 0.6) is 11.8 Å². The van der Waals surface area contributed by atoms with Crippen LogP contribution in [0.4, 0.5) is 8.78 Å².